The van der Waals surface area contributed by atoms with Crippen molar-refractivity contribution < 1.29 is 14.3 Å². The Morgan fingerprint density at radius 1 is 1.53 bits per heavy atom. The number of nitrogens with zero attached hydrogens (tertiary/aromatic N) is 1. The van der Waals surface area contributed by atoms with Crippen molar-refractivity contribution in [2.45, 2.75) is 64.5 Å². The Hall–Kier alpha value is -1.07. The molecule has 2 atom stereocenters. The first-order valence-corrected chi connectivity index (χ1v) is 6.63. The van der Waals surface area contributed by atoms with Crippen LogP contribution in [0.4, 0.5) is 4.79 Å². The minimum absolute atomic E-state index is 0.134. The molecular weight excluding hydrogens is 244 g/mol. The lowest BCUT2D eigenvalue weighted by atomic mass is 10.1. The highest BCUT2D eigenvalue weighted by molar-refractivity contribution is 5.70. The molecule has 1 fully saturated rings. The second kappa shape index (κ2) is 5.51. The van der Waals surface area contributed by atoms with E-state index in [1.54, 1.807) is 11.0 Å². The smallest absolute Gasteiger partial charge is 0.412 e. The number of carbonyl (C=O) groups excluding carboxylic acids is 1. The Morgan fingerprint density at radius 3 is 2.53 bits per heavy atom. The van der Waals surface area contributed by atoms with Gasteiger partial charge in [0.2, 0.25) is 0 Å². The minimum atomic E-state index is -0.722. The molecule has 0 aromatic heterocycles. The van der Waals surface area contributed by atoms with Gasteiger partial charge in [-0.3, -0.25) is 4.90 Å². The number of rotatable bonds is 3. The second-order valence-corrected chi connectivity index (χ2v) is 6.28. The average molecular weight is 270 g/mol. The van der Waals surface area contributed by atoms with Gasteiger partial charge in [-0.1, -0.05) is 6.08 Å². The maximum atomic E-state index is 12.3. The zero-order valence-electron chi connectivity index (χ0n) is 12.6. The number of carbonyl (C=O) groups is 1. The molecule has 1 rings (SSSR count). The quantitative estimate of drug-likeness (QED) is 0.799. The van der Waals surface area contributed by atoms with Gasteiger partial charge < -0.3 is 15.2 Å². The molecule has 1 aliphatic heterocycles. The van der Waals surface area contributed by atoms with Gasteiger partial charge in [-0.25, -0.2) is 4.79 Å². The van der Waals surface area contributed by atoms with Crippen molar-refractivity contribution in [2.75, 3.05) is 6.54 Å². The number of hydrogen-bond donors (Lipinski definition) is 1. The fraction of sp³-hybridized carbons (Fsp3) is 0.786. The van der Waals surface area contributed by atoms with Crippen LogP contribution in [0, 0.1) is 0 Å². The summed E-state index contributed by atoms with van der Waals surface area (Å²) in [5.74, 6) is 0. The van der Waals surface area contributed by atoms with E-state index in [2.05, 4.69) is 6.58 Å². The van der Waals surface area contributed by atoms with E-state index in [-0.39, 0.29) is 18.2 Å². The topological polar surface area (TPSA) is 64.8 Å². The Morgan fingerprint density at radius 2 is 2.11 bits per heavy atom. The first kappa shape index (κ1) is 16.0. The molecule has 0 aromatic rings. The Kier molecular flexibility index (Phi) is 4.63. The third kappa shape index (κ3) is 3.70. The van der Waals surface area contributed by atoms with Gasteiger partial charge in [0.05, 0.1) is 12.1 Å². The van der Waals surface area contributed by atoms with E-state index >= 15 is 0 Å². The molecule has 0 unspecified atom stereocenters. The van der Waals surface area contributed by atoms with Crippen LogP contribution in [0.1, 0.15) is 41.0 Å². The summed E-state index contributed by atoms with van der Waals surface area (Å²) in [6.07, 6.45) is 1.91. The van der Waals surface area contributed by atoms with Gasteiger partial charge >= 0.3 is 6.09 Å². The third-order valence-electron chi connectivity index (χ3n) is 3.01. The van der Waals surface area contributed by atoms with Crippen LogP contribution < -0.4 is 5.73 Å². The Bertz CT molecular complexity index is 347. The minimum Gasteiger partial charge on any atom is -0.444 e. The van der Waals surface area contributed by atoms with Gasteiger partial charge in [0.1, 0.15) is 11.3 Å². The SMILES string of the molecule is C=CC[C@H]1OC(C)(C)N(C(=O)OC(C)(C)C)[C@H]1CN. The van der Waals surface area contributed by atoms with E-state index in [1.165, 1.54) is 0 Å². The summed E-state index contributed by atoms with van der Waals surface area (Å²) < 4.78 is 11.4. The van der Waals surface area contributed by atoms with Crippen molar-refractivity contribution >= 4 is 6.09 Å². The highest BCUT2D eigenvalue weighted by Gasteiger charge is 2.50. The molecular formula is C14H26N2O3. The molecule has 1 amide bonds. The van der Waals surface area contributed by atoms with Crippen LogP contribution in [0.3, 0.4) is 0 Å². The van der Waals surface area contributed by atoms with Gasteiger partial charge in [-0.2, -0.15) is 0 Å². The monoisotopic (exact) mass is 270 g/mol. The van der Waals surface area contributed by atoms with Crippen LogP contribution in [-0.2, 0) is 9.47 Å². The summed E-state index contributed by atoms with van der Waals surface area (Å²) in [5.41, 5.74) is 4.54. The van der Waals surface area contributed by atoms with Crippen molar-refractivity contribution in [1.29, 1.82) is 0 Å². The molecule has 0 aliphatic carbocycles. The summed E-state index contributed by atoms with van der Waals surface area (Å²) in [4.78, 5) is 13.9. The standard InChI is InChI=1S/C14H26N2O3/c1-7-8-11-10(9-15)16(14(5,6)18-11)12(17)19-13(2,3)4/h7,10-11H,1,8-9,15H2,2-6H3/t10-,11+/m0/s1. The van der Waals surface area contributed by atoms with Gasteiger partial charge in [0.15, 0.2) is 0 Å². The van der Waals surface area contributed by atoms with Crippen molar-refractivity contribution in [2.24, 2.45) is 5.73 Å². The highest BCUT2D eigenvalue weighted by Crippen LogP contribution is 2.34. The van der Waals surface area contributed by atoms with E-state index in [0.717, 1.165) is 0 Å². The summed E-state index contributed by atoms with van der Waals surface area (Å²) in [5, 5.41) is 0. The fourth-order valence-corrected chi connectivity index (χ4v) is 2.36. The number of amides is 1. The summed E-state index contributed by atoms with van der Waals surface area (Å²) >= 11 is 0. The fourth-order valence-electron chi connectivity index (χ4n) is 2.36. The number of nitrogens with two attached hydrogens (primary N) is 1. The molecule has 19 heavy (non-hydrogen) atoms. The summed E-state index contributed by atoms with van der Waals surface area (Å²) in [7, 11) is 0. The molecule has 0 saturated carbocycles. The molecule has 110 valence electrons. The van der Waals surface area contributed by atoms with Crippen molar-refractivity contribution in [3.8, 4) is 0 Å². The molecule has 0 radical (unpaired) electrons. The van der Waals surface area contributed by atoms with Crippen LogP contribution in [0.5, 0.6) is 0 Å². The van der Waals surface area contributed by atoms with Crippen LogP contribution >= 0.6 is 0 Å². The van der Waals surface area contributed by atoms with Crippen molar-refractivity contribution in [3.63, 3.8) is 0 Å². The molecule has 1 heterocycles. The summed E-state index contributed by atoms with van der Waals surface area (Å²) in [6, 6.07) is -0.192. The predicted molar refractivity (Wildman–Crippen MR) is 74.7 cm³/mol. The number of hydrogen-bond acceptors (Lipinski definition) is 4. The molecule has 1 aliphatic rings. The lowest BCUT2D eigenvalue weighted by Crippen LogP contribution is -2.52. The van der Waals surface area contributed by atoms with Crippen LogP contribution in [0.2, 0.25) is 0 Å². The van der Waals surface area contributed by atoms with Gasteiger partial charge in [0, 0.05) is 6.54 Å². The molecule has 1 saturated heterocycles. The van der Waals surface area contributed by atoms with E-state index in [9.17, 15) is 4.79 Å². The van der Waals surface area contributed by atoms with E-state index < -0.39 is 11.3 Å². The lowest BCUT2D eigenvalue weighted by Gasteiger charge is -2.34. The van der Waals surface area contributed by atoms with E-state index in [0.29, 0.717) is 13.0 Å². The van der Waals surface area contributed by atoms with E-state index in [1.807, 2.05) is 34.6 Å². The Balaban J connectivity index is 2.95. The zero-order valence-corrected chi connectivity index (χ0v) is 12.6. The first-order valence-electron chi connectivity index (χ1n) is 6.63. The molecule has 5 nitrogen and oxygen atoms in total. The molecule has 5 heteroatoms. The van der Waals surface area contributed by atoms with Crippen LogP contribution in [0.15, 0.2) is 12.7 Å². The maximum absolute atomic E-state index is 12.3. The molecule has 2 N–H and O–H groups in total. The molecule has 0 bridgehead atoms. The molecule has 0 spiro atoms. The highest BCUT2D eigenvalue weighted by atomic mass is 16.6. The zero-order chi connectivity index (χ0) is 14.8. The lowest BCUT2D eigenvalue weighted by molar-refractivity contribution is -0.0779. The third-order valence-corrected chi connectivity index (χ3v) is 3.01. The normalized spacial score (nSPS) is 26.3. The average Bonchev–Trinajstić information content (AvgIpc) is 2.46. The summed E-state index contributed by atoms with van der Waals surface area (Å²) in [6.45, 7) is 13.3. The largest absolute Gasteiger partial charge is 0.444 e. The van der Waals surface area contributed by atoms with E-state index in [4.69, 9.17) is 15.2 Å². The molecule has 0 aromatic carbocycles. The van der Waals surface area contributed by atoms with Crippen molar-refractivity contribution in [3.05, 3.63) is 12.7 Å². The van der Waals surface area contributed by atoms with Crippen LogP contribution in [-0.4, -0.2) is 41.0 Å². The van der Waals surface area contributed by atoms with Crippen molar-refractivity contribution in [1.82, 2.24) is 4.90 Å². The van der Waals surface area contributed by atoms with Gasteiger partial charge in [-0.15, -0.1) is 6.58 Å². The Labute approximate surface area is 115 Å². The second-order valence-electron chi connectivity index (χ2n) is 6.28. The van der Waals surface area contributed by atoms with Crippen LogP contribution in [0.25, 0.3) is 0 Å². The predicted octanol–water partition coefficient (Wildman–Crippen LogP) is 2.26. The first-order chi connectivity index (χ1) is 8.62. The number of ether oxygens (including phenoxy) is 2. The van der Waals surface area contributed by atoms with Gasteiger partial charge in [-0.05, 0) is 41.0 Å². The maximum Gasteiger partial charge on any atom is 0.412 e. The van der Waals surface area contributed by atoms with Gasteiger partial charge in [0.25, 0.3) is 0 Å².